The summed E-state index contributed by atoms with van der Waals surface area (Å²) in [5.41, 5.74) is 1.14. The Morgan fingerprint density at radius 2 is 1.88 bits per heavy atom. The number of aromatic amines is 1. The van der Waals surface area contributed by atoms with E-state index in [1.807, 2.05) is 18.3 Å². The van der Waals surface area contributed by atoms with Crippen LogP contribution in [-0.4, -0.2) is 57.1 Å². The van der Waals surface area contributed by atoms with E-state index >= 15 is 0 Å². The molecule has 0 radical (unpaired) electrons. The lowest BCUT2D eigenvalue weighted by Gasteiger charge is -2.21. The molecule has 0 bridgehead atoms. The molecule has 0 aliphatic carbocycles. The molecule has 0 unspecified atom stereocenters. The van der Waals surface area contributed by atoms with Gasteiger partial charge >= 0.3 is 5.69 Å². The highest BCUT2D eigenvalue weighted by atomic mass is 16.2. The van der Waals surface area contributed by atoms with Crippen molar-refractivity contribution in [1.29, 1.82) is 0 Å². The van der Waals surface area contributed by atoms with Crippen molar-refractivity contribution < 1.29 is 0 Å². The lowest BCUT2D eigenvalue weighted by atomic mass is 10.3. The first-order chi connectivity index (χ1) is 12.1. The van der Waals surface area contributed by atoms with E-state index < -0.39 is 0 Å². The first-order valence-electron chi connectivity index (χ1n) is 8.77. The van der Waals surface area contributed by atoms with Gasteiger partial charge in [0.1, 0.15) is 0 Å². The lowest BCUT2D eigenvalue weighted by Crippen LogP contribution is -2.40. The van der Waals surface area contributed by atoms with Crippen LogP contribution in [0.4, 0.5) is 0 Å². The van der Waals surface area contributed by atoms with E-state index in [2.05, 4.69) is 25.8 Å². The zero-order valence-electron chi connectivity index (χ0n) is 14.6. The van der Waals surface area contributed by atoms with Crippen LogP contribution in [-0.2, 0) is 13.1 Å². The van der Waals surface area contributed by atoms with Gasteiger partial charge in [-0.05, 0) is 38.6 Å². The second-order valence-corrected chi connectivity index (χ2v) is 6.54. The molecule has 1 N–H and O–H groups in total. The molecular weight excluding hydrogens is 318 g/mol. The van der Waals surface area contributed by atoms with Crippen LogP contribution in [0.3, 0.4) is 0 Å². The van der Waals surface area contributed by atoms with Gasteiger partial charge in [0, 0.05) is 50.7 Å². The summed E-state index contributed by atoms with van der Waals surface area (Å²) in [5.74, 6) is 0. The Labute approximate surface area is 146 Å². The van der Waals surface area contributed by atoms with Crippen molar-refractivity contribution in [1.82, 2.24) is 24.3 Å². The highest BCUT2D eigenvalue weighted by Gasteiger charge is 2.15. The van der Waals surface area contributed by atoms with Crippen LogP contribution in [0.15, 0.2) is 40.1 Å². The normalized spacial score (nSPS) is 16.7. The number of hydrogen-bond acceptors (Lipinski definition) is 5. The first-order valence-corrected chi connectivity index (χ1v) is 8.77. The number of hydrogen-bond donors (Lipinski definition) is 1. The summed E-state index contributed by atoms with van der Waals surface area (Å²) in [6.45, 7) is 7.65. The van der Waals surface area contributed by atoms with Crippen molar-refractivity contribution in [2.45, 2.75) is 26.4 Å². The van der Waals surface area contributed by atoms with Crippen molar-refractivity contribution in [2.75, 3.05) is 32.7 Å². The predicted octanol–water partition coefficient (Wildman–Crippen LogP) is 0.448. The van der Waals surface area contributed by atoms with Crippen molar-refractivity contribution in [3.63, 3.8) is 0 Å². The average molecular weight is 343 g/mol. The Kier molecular flexibility index (Phi) is 5.78. The molecule has 1 saturated heterocycles. The molecule has 0 atom stereocenters. The maximum atomic E-state index is 12.0. The van der Waals surface area contributed by atoms with Crippen LogP contribution < -0.4 is 11.2 Å². The molecule has 1 aliphatic heterocycles. The zero-order valence-corrected chi connectivity index (χ0v) is 14.6. The molecule has 0 saturated carbocycles. The van der Waals surface area contributed by atoms with E-state index in [-0.39, 0.29) is 11.2 Å². The molecule has 2 aromatic heterocycles. The zero-order chi connectivity index (χ0) is 17.6. The van der Waals surface area contributed by atoms with Crippen LogP contribution in [0.5, 0.6) is 0 Å². The van der Waals surface area contributed by atoms with Gasteiger partial charge in [0.2, 0.25) is 0 Å². The Morgan fingerprint density at radius 1 is 1.08 bits per heavy atom. The maximum absolute atomic E-state index is 12.0. The first kappa shape index (κ1) is 17.6. The molecule has 134 valence electrons. The minimum Gasteiger partial charge on any atom is -0.311 e. The molecular formula is C18H25N5O2. The van der Waals surface area contributed by atoms with Crippen molar-refractivity contribution in [3.8, 4) is 0 Å². The fourth-order valence-corrected chi connectivity index (χ4v) is 3.22. The summed E-state index contributed by atoms with van der Waals surface area (Å²) in [4.78, 5) is 35.7. The van der Waals surface area contributed by atoms with Gasteiger partial charge in [-0.1, -0.05) is 6.07 Å². The summed E-state index contributed by atoms with van der Waals surface area (Å²) < 4.78 is 1.28. The molecule has 0 amide bonds. The number of nitrogens with one attached hydrogen (secondary N) is 1. The smallest absolute Gasteiger partial charge is 0.311 e. The number of nitrogens with zero attached hydrogens (tertiary/aromatic N) is 4. The number of aryl methyl sites for hydroxylation is 1. The third-order valence-corrected chi connectivity index (χ3v) is 4.59. The average Bonchev–Trinajstić information content (AvgIpc) is 2.80. The SMILES string of the molecule is Cc1cc(=O)n(CCN2CCCN(Cc3ccccn3)CC2)c(=O)[nH]1. The van der Waals surface area contributed by atoms with Gasteiger partial charge in [-0.25, -0.2) is 4.79 Å². The van der Waals surface area contributed by atoms with E-state index in [9.17, 15) is 9.59 Å². The van der Waals surface area contributed by atoms with E-state index in [0.29, 0.717) is 18.8 Å². The number of pyridine rings is 1. The molecule has 3 rings (SSSR count). The summed E-state index contributed by atoms with van der Waals surface area (Å²) in [7, 11) is 0. The van der Waals surface area contributed by atoms with Crippen LogP contribution in [0, 0.1) is 6.92 Å². The summed E-state index contributed by atoms with van der Waals surface area (Å²) in [6.07, 6.45) is 2.91. The lowest BCUT2D eigenvalue weighted by molar-refractivity contribution is 0.243. The van der Waals surface area contributed by atoms with Gasteiger partial charge in [0.15, 0.2) is 0 Å². The minimum atomic E-state index is -0.323. The van der Waals surface area contributed by atoms with Crippen LogP contribution in [0.2, 0.25) is 0 Å². The summed E-state index contributed by atoms with van der Waals surface area (Å²) in [5, 5.41) is 0. The Hall–Kier alpha value is -2.25. The van der Waals surface area contributed by atoms with Gasteiger partial charge in [-0.3, -0.25) is 19.2 Å². The third kappa shape index (κ3) is 4.87. The Balaban J connectivity index is 1.54. The second kappa shape index (κ2) is 8.22. The highest BCUT2D eigenvalue weighted by Crippen LogP contribution is 2.07. The molecule has 1 fully saturated rings. The number of rotatable bonds is 5. The monoisotopic (exact) mass is 343 g/mol. The van der Waals surface area contributed by atoms with E-state index in [1.54, 1.807) is 6.92 Å². The van der Waals surface area contributed by atoms with Gasteiger partial charge in [0.25, 0.3) is 5.56 Å². The second-order valence-electron chi connectivity index (χ2n) is 6.54. The Morgan fingerprint density at radius 3 is 2.64 bits per heavy atom. The molecule has 7 nitrogen and oxygen atoms in total. The largest absolute Gasteiger partial charge is 0.328 e. The van der Waals surface area contributed by atoms with Crippen molar-refractivity contribution in [3.05, 3.63) is 62.7 Å². The standard InChI is InChI=1S/C18H25N5O2/c1-15-13-17(24)23(18(25)20-15)12-11-21-7-4-8-22(10-9-21)14-16-5-2-3-6-19-16/h2-3,5-6,13H,4,7-12,14H2,1H3,(H,20,25). The molecule has 7 heteroatoms. The van der Waals surface area contributed by atoms with Gasteiger partial charge < -0.3 is 9.88 Å². The summed E-state index contributed by atoms with van der Waals surface area (Å²) >= 11 is 0. The number of H-pyrrole nitrogens is 1. The molecule has 3 heterocycles. The van der Waals surface area contributed by atoms with E-state index in [1.165, 1.54) is 10.6 Å². The van der Waals surface area contributed by atoms with Gasteiger partial charge in [-0.15, -0.1) is 0 Å². The van der Waals surface area contributed by atoms with Crippen molar-refractivity contribution >= 4 is 0 Å². The molecule has 2 aromatic rings. The maximum Gasteiger partial charge on any atom is 0.328 e. The van der Waals surface area contributed by atoms with Gasteiger partial charge in [-0.2, -0.15) is 0 Å². The van der Waals surface area contributed by atoms with E-state index in [0.717, 1.165) is 44.8 Å². The number of aromatic nitrogens is 3. The molecule has 25 heavy (non-hydrogen) atoms. The molecule has 0 spiro atoms. The Bertz CT molecular complexity index is 768. The van der Waals surface area contributed by atoms with Crippen LogP contribution in [0.25, 0.3) is 0 Å². The quantitative estimate of drug-likeness (QED) is 0.853. The fraction of sp³-hybridized carbons (Fsp3) is 0.500. The van der Waals surface area contributed by atoms with E-state index in [4.69, 9.17) is 0 Å². The fourth-order valence-electron chi connectivity index (χ4n) is 3.22. The minimum absolute atomic E-state index is 0.229. The van der Waals surface area contributed by atoms with Crippen molar-refractivity contribution in [2.24, 2.45) is 0 Å². The summed E-state index contributed by atoms with van der Waals surface area (Å²) in [6, 6.07) is 7.48. The van der Waals surface area contributed by atoms with Crippen LogP contribution >= 0.6 is 0 Å². The molecule has 1 aliphatic rings. The van der Waals surface area contributed by atoms with Gasteiger partial charge in [0.05, 0.1) is 5.69 Å². The topological polar surface area (TPSA) is 74.2 Å². The molecule has 0 aromatic carbocycles. The van der Waals surface area contributed by atoms with Crippen LogP contribution in [0.1, 0.15) is 17.8 Å². The highest BCUT2D eigenvalue weighted by molar-refractivity contribution is 5.03. The third-order valence-electron chi connectivity index (χ3n) is 4.59. The predicted molar refractivity (Wildman–Crippen MR) is 96.6 cm³/mol.